The maximum absolute atomic E-state index is 4.92. The lowest BCUT2D eigenvalue weighted by Crippen LogP contribution is -2.01. The van der Waals surface area contributed by atoms with Gasteiger partial charge in [-0.3, -0.25) is 0 Å². The van der Waals surface area contributed by atoms with E-state index >= 15 is 0 Å². The first kappa shape index (κ1) is 25.2. The molecule has 2 N–H and O–H groups in total. The van der Waals surface area contributed by atoms with E-state index in [-0.39, 0.29) is 0 Å². The van der Waals surface area contributed by atoms with Gasteiger partial charge >= 0.3 is 0 Å². The average molecular weight is 500 g/mol. The van der Waals surface area contributed by atoms with Crippen molar-refractivity contribution in [3.05, 3.63) is 112 Å². The lowest BCUT2D eigenvalue weighted by molar-refractivity contribution is 1.21. The van der Waals surface area contributed by atoms with Gasteiger partial charge < -0.3 is 10.6 Å². The molecule has 38 heavy (non-hydrogen) atoms. The number of nitrogens with zero attached hydrogens (tertiary/aromatic N) is 3. The fourth-order valence-electron chi connectivity index (χ4n) is 5.02. The molecule has 0 unspecified atom stereocenters. The first-order valence-corrected chi connectivity index (χ1v) is 12.9. The van der Waals surface area contributed by atoms with E-state index in [0.29, 0.717) is 0 Å². The number of pyridine rings is 3. The van der Waals surface area contributed by atoms with Crippen molar-refractivity contribution in [3.63, 3.8) is 0 Å². The quantitative estimate of drug-likeness (QED) is 0.245. The molecule has 0 saturated carbocycles. The molecule has 3 aromatic heterocycles. The molecular formula is C33H33N5. The molecule has 0 atom stereocenters. The third-order valence-corrected chi connectivity index (χ3v) is 6.63. The predicted molar refractivity (Wildman–Crippen MR) is 159 cm³/mol. The van der Waals surface area contributed by atoms with Crippen LogP contribution in [0.25, 0.3) is 22.8 Å². The second kappa shape index (κ2) is 10.5. The van der Waals surface area contributed by atoms with E-state index in [2.05, 4.69) is 76.4 Å². The van der Waals surface area contributed by atoms with E-state index in [1.807, 2.05) is 54.6 Å². The Balaban J connectivity index is 1.42. The largest absolute Gasteiger partial charge is 0.340 e. The minimum absolute atomic E-state index is 0.790. The van der Waals surface area contributed by atoms with Gasteiger partial charge in [0.25, 0.3) is 0 Å². The van der Waals surface area contributed by atoms with Gasteiger partial charge in [0.05, 0.1) is 22.8 Å². The van der Waals surface area contributed by atoms with Crippen LogP contribution in [0, 0.1) is 41.5 Å². The first-order chi connectivity index (χ1) is 18.3. The van der Waals surface area contributed by atoms with Crippen LogP contribution >= 0.6 is 0 Å². The Bertz CT molecular complexity index is 1470. The Kier molecular flexibility index (Phi) is 6.93. The second-order valence-corrected chi connectivity index (χ2v) is 10.0. The van der Waals surface area contributed by atoms with E-state index in [1.54, 1.807) is 0 Å². The van der Waals surface area contributed by atoms with Crippen molar-refractivity contribution in [2.24, 2.45) is 0 Å². The van der Waals surface area contributed by atoms with Crippen molar-refractivity contribution in [2.75, 3.05) is 10.6 Å². The van der Waals surface area contributed by atoms with Crippen LogP contribution in [0.3, 0.4) is 0 Å². The number of nitrogens with one attached hydrogen (secondary N) is 2. The average Bonchev–Trinajstić information content (AvgIpc) is 2.89. The minimum Gasteiger partial charge on any atom is -0.340 e. The smallest absolute Gasteiger partial charge is 0.131 e. The molecule has 5 nitrogen and oxygen atoms in total. The summed E-state index contributed by atoms with van der Waals surface area (Å²) in [5.74, 6) is 1.58. The molecule has 0 radical (unpaired) electrons. The highest BCUT2D eigenvalue weighted by Crippen LogP contribution is 2.29. The molecule has 0 aliphatic carbocycles. The zero-order valence-electron chi connectivity index (χ0n) is 22.8. The van der Waals surface area contributed by atoms with Crippen LogP contribution in [-0.2, 0) is 0 Å². The maximum atomic E-state index is 4.92. The first-order valence-electron chi connectivity index (χ1n) is 12.9. The molecule has 190 valence electrons. The highest BCUT2D eigenvalue weighted by Gasteiger charge is 2.10. The van der Waals surface area contributed by atoms with E-state index < -0.39 is 0 Å². The summed E-state index contributed by atoms with van der Waals surface area (Å²) in [6.07, 6.45) is 0. The van der Waals surface area contributed by atoms with Crippen molar-refractivity contribution in [3.8, 4) is 22.8 Å². The summed E-state index contributed by atoms with van der Waals surface area (Å²) in [6, 6.07) is 26.7. The molecule has 2 aromatic carbocycles. The highest BCUT2D eigenvalue weighted by molar-refractivity contribution is 5.70. The van der Waals surface area contributed by atoms with Gasteiger partial charge in [0.2, 0.25) is 0 Å². The normalized spacial score (nSPS) is 10.9. The Labute approximate surface area is 225 Å². The molecule has 0 fully saturated rings. The molecule has 0 saturated heterocycles. The van der Waals surface area contributed by atoms with E-state index in [1.165, 1.54) is 33.4 Å². The number of anilines is 4. The summed E-state index contributed by atoms with van der Waals surface area (Å²) in [6.45, 7) is 12.7. The topological polar surface area (TPSA) is 62.7 Å². The summed E-state index contributed by atoms with van der Waals surface area (Å²) >= 11 is 0. The van der Waals surface area contributed by atoms with Gasteiger partial charge in [0.15, 0.2) is 0 Å². The number of hydrogen-bond acceptors (Lipinski definition) is 5. The van der Waals surface area contributed by atoms with Crippen LogP contribution in [0.15, 0.2) is 78.9 Å². The number of aromatic nitrogens is 3. The molecule has 0 aliphatic rings. The third-order valence-electron chi connectivity index (χ3n) is 6.63. The van der Waals surface area contributed by atoms with E-state index in [4.69, 9.17) is 15.0 Å². The van der Waals surface area contributed by atoms with Gasteiger partial charge in [-0.15, -0.1) is 0 Å². The van der Waals surface area contributed by atoms with Crippen molar-refractivity contribution in [2.45, 2.75) is 41.5 Å². The Hall–Kier alpha value is -4.51. The van der Waals surface area contributed by atoms with Crippen LogP contribution < -0.4 is 10.6 Å². The maximum Gasteiger partial charge on any atom is 0.131 e. The summed E-state index contributed by atoms with van der Waals surface area (Å²) in [4.78, 5) is 14.7. The Morgan fingerprint density at radius 2 is 0.737 bits per heavy atom. The fraction of sp³-hybridized carbons (Fsp3) is 0.182. The van der Waals surface area contributed by atoms with Gasteiger partial charge in [0, 0.05) is 11.4 Å². The van der Waals surface area contributed by atoms with Crippen LogP contribution in [0.1, 0.15) is 33.4 Å². The number of rotatable bonds is 6. The highest BCUT2D eigenvalue weighted by atomic mass is 15.0. The Morgan fingerprint density at radius 3 is 1.11 bits per heavy atom. The molecule has 5 aromatic rings. The molecule has 0 spiro atoms. The number of hydrogen-bond donors (Lipinski definition) is 2. The minimum atomic E-state index is 0.790. The van der Waals surface area contributed by atoms with Gasteiger partial charge in [-0.25, -0.2) is 15.0 Å². The van der Waals surface area contributed by atoms with Crippen molar-refractivity contribution in [1.82, 2.24) is 15.0 Å². The van der Waals surface area contributed by atoms with E-state index in [0.717, 1.165) is 45.8 Å². The van der Waals surface area contributed by atoms with Gasteiger partial charge in [-0.2, -0.15) is 0 Å². The van der Waals surface area contributed by atoms with Crippen molar-refractivity contribution >= 4 is 23.0 Å². The number of benzene rings is 2. The fourth-order valence-corrected chi connectivity index (χ4v) is 5.02. The summed E-state index contributed by atoms with van der Waals surface area (Å²) in [5, 5.41) is 7.02. The van der Waals surface area contributed by atoms with Crippen molar-refractivity contribution < 1.29 is 0 Å². The van der Waals surface area contributed by atoms with Crippen LogP contribution in [0.4, 0.5) is 23.0 Å². The molecule has 0 aliphatic heterocycles. The zero-order valence-corrected chi connectivity index (χ0v) is 22.8. The van der Waals surface area contributed by atoms with Crippen LogP contribution in [-0.4, -0.2) is 15.0 Å². The lowest BCUT2D eigenvalue weighted by Gasteiger charge is -2.14. The summed E-state index contributed by atoms with van der Waals surface area (Å²) in [7, 11) is 0. The molecule has 0 bridgehead atoms. The molecular weight excluding hydrogens is 466 g/mol. The molecule has 0 amide bonds. The number of aryl methyl sites for hydroxylation is 6. The predicted octanol–water partition coefficient (Wildman–Crippen LogP) is 8.54. The van der Waals surface area contributed by atoms with Crippen LogP contribution in [0.5, 0.6) is 0 Å². The standard InChI is InChI=1S/C33H33N5/c1-20-16-22(3)32(23(4)17-20)37-30-14-8-12-28(35-30)26-10-7-11-27(34-26)29-13-9-15-31(36-29)38-33-24(5)18-21(2)19-25(33)6/h7-19H,1-6H3,(H,35,37)(H,36,38). The van der Waals surface area contributed by atoms with Crippen LogP contribution in [0.2, 0.25) is 0 Å². The second-order valence-electron chi connectivity index (χ2n) is 10.0. The van der Waals surface area contributed by atoms with Gasteiger partial charge in [0.1, 0.15) is 11.6 Å². The summed E-state index contributed by atoms with van der Waals surface area (Å²) < 4.78 is 0. The Morgan fingerprint density at radius 1 is 0.421 bits per heavy atom. The lowest BCUT2D eigenvalue weighted by atomic mass is 10.1. The third kappa shape index (κ3) is 5.42. The molecule has 3 heterocycles. The van der Waals surface area contributed by atoms with E-state index in [9.17, 15) is 0 Å². The molecule has 5 rings (SSSR count). The summed E-state index contributed by atoms with van der Waals surface area (Å²) in [5.41, 5.74) is 12.7. The monoisotopic (exact) mass is 499 g/mol. The van der Waals surface area contributed by atoms with Gasteiger partial charge in [-0.05, 0) is 100 Å². The SMILES string of the molecule is Cc1cc(C)c(Nc2cccc(-c3cccc(-c4cccc(Nc5c(C)cc(C)cc5C)n4)n3)n2)c(C)c1. The van der Waals surface area contributed by atoms with Crippen molar-refractivity contribution in [1.29, 1.82) is 0 Å². The van der Waals surface area contributed by atoms with Gasteiger partial charge in [-0.1, -0.05) is 53.6 Å². The molecule has 5 heteroatoms. The zero-order chi connectivity index (χ0) is 26.8.